The Labute approximate surface area is 142 Å². The number of guanidine groups is 1. The first-order valence-electron chi connectivity index (χ1n) is 8.33. The number of nitrogens with zero attached hydrogens (tertiary/aromatic N) is 3. The number of aliphatic carboxylic acids is 1. The first kappa shape index (κ1) is 19.0. The SMILES string of the molecule is CN=C(N1CC(CCCB(O)O)C(N)(C(=O)O)C1)N(C)C1CNC1. The van der Waals surface area contributed by atoms with Gasteiger partial charge in [0.25, 0.3) is 0 Å². The van der Waals surface area contributed by atoms with E-state index in [1.54, 1.807) is 7.05 Å². The fraction of sp³-hybridized carbons (Fsp3) is 0.857. The maximum absolute atomic E-state index is 11.7. The van der Waals surface area contributed by atoms with Gasteiger partial charge in [-0.05, 0) is 12.7 Å². The summed E-state index contributed by atoms with van der Waals surface area (Å²) in [5.74, 6) is -0.538. The second-order valence-corrected chi connectivity index (χ2v) is 6.78. The van der Waals surface area contributed by atoms with Crippen molar-refractivity contribution in [2.24, 2.45) is 16.6 Å². The molecule has 0 aliphatic carbocycles. The van der Waals surface area contributed by atoms with Crippen LogP contribution in [-0.2, 0) is 4.79 Å². The molecule has 6 N–H and O–H groups in total. The molecule has 2 fully saturated rings. The Morgan fingerprint density at radius 2 is 2.17 bits per heavy atom. The van der Waals surface area contributed by atoms with Gasteiger partial charge in [-0.2, -0.15) is 0 Å². The van der Waals surface area contributed by atoms with Crippen molar-refractivity contribution in [1.29, 1.82) is 0 Å². The number of carbonyl (C=O) groups is 1. The molecule has 0 saturated carbocycles. The largest absolute Gasteiger partial charge is 0.480 e. The highest BCUT2D eigenvalue weighted by molar-refractivity contribution is 6.40. The number of aliphatic imine (C=N–C) groups is 1. The van der Waals surface area contributed by atoms with Crippen LogP contribution in [0.4, 0.5) is 0 Å². The van der Waals surface area contributed by atoms with E-state index in [9.17, 15) is 9.90 Å². The van der Waals surface area contributed by atoms with E-state index < -0.39 is 18.6 Å². The molecule has 24 heavy (non-hydrogen) atoms. The molecule has 0 aromatic rings. The summed E-state index contributed by atoms with van der Waals surface area (Å²) in [5, 5.41) is 30.8. The maximum atomic E-state index is 11.7. The van der Waals surface area contributed by atoms with E-state index in [0.29, 0.717) is 25.4 Å². The van der Waals surface area contributed by atoms with Crippen molar-refractivity contribution in [3.63, 3.8) is 0 Å². The third kappa shape index (κ3) is 3.82. The summed E-state index contributed by atoms with van der Waals surface area (Å²) < 4.78 is 0. The molecule has 2 unspecified atom stereocenters. The topological polar surface area (TPSA) is 135 Å². The van der Waals surface area contributed by atoms with Gasteiger partial charge in [0.05, 0.1) is 6.04 Å². The second kappa shape index (κ2) is 7.69. The van der Waals surface area contributed by atoms with E-state index in [0.717, 1.165) is 19.0 Å². The number of carboxylic acids is 1. The van der Waals surface area contributed by atoms with Crippen LogP contribution >= 0.6 is 0 Å². The van der Waals surface area contributed by atoms with Gasteiger partial charge in [0.15, 0.2) is 5.96 Å². The molecule has 0 bridgehead atoms. The number of likely N-dealkylation sites (tertiary alicyclic amines) is 1. The Hall–Kier alpha value is -1.36. The summed E-state index contributed by atoms with van der Waals surface area (Å²) >= 11 is 0. The van der Waals surface area contributed by atoms with Gasteiger partial charge in [-0.25, -0.2) is 0 Å². The van der Waals surface area contributed by atoms with E-state index >= 15 is 0 Å². The first-order chi connectivity index (χ1) is 11.3. The molecule has 136 valence electrons. The highest BCUT2D eigenvalue weighted by Gasteiger charge is 2.50. The van der Waals surface area contributed by atoms with E-state index in [4.69, 9.17) is 15.8 Å². The van der Waals surface area contributed by atoms with Crippen LogP contribution < -0.4 is 11.1 Å². The van der Waals surface area contributed by atoms with Gasteiger partial charge in [-0.3, -0.25) is 9.79 Å². The second-order valence-electron chi connectivity index (χ2n) is 6.78. The van der Waals surface area contributed by atoms with Crippen molar-refractivity contribution in [3.8, 4) is 0 Å². The minimum Gasteiger partial charge on any atom is -0.480 e. The number of rotatable bonds is 6. The number of likely N-dealkylation sites (N-methyl/N-ethyl adjacent to an activating group) is 1. The predicted molar refractivity (Wildman–Crippen MR) is 91.6 cm³/mol. The molecule has 2 heterocycles. The summed E-state index contributed by atoms with van der Waals surface area (Å²) in [4.78, 5) is 20.1. The monoisotopic (exact) mass is 341 g/mol. The van der Waals surface area contributed by atoms with Crippen LogP contribution in [0.25, 0.3) is 0 Å². The molecule has 2 atom stereocenters. The minimum atomic E-state index is -1.37. The Morgan fingerprint density at radius 3 is 2.62 bits per heavy atom. The molecular weight excluding hydrogens is 313 g/mol. The number of hydrogen-bond acceptors (Lipinski definition) is 6. The van der Waals surface area contributed by atoms with Crippen LogP contribution in [-0.4, -0.2) is 95.9 Å². The third-order valence-electron chi connectivity index (χ3n) is 5.14. The molecule has 2 aliphatic rings. The molecule has 10 heteroatoms. The Balaban J connectivity index is 2.08. The summed E-state index contributed by atoms with van der Waals surface area (Å²) in [7, 11) is 2.29. The highest BCUT2D eigenvalue weighted by Crippen LogP contribution is 2.31. The Morgan fingerprint density at radius 1 is 1.50 bits per heavy atom. The van der Waals surface area contributed by atoms with Gasteiger partial charge >= 0.3 is 13.1 Å². The molecule has 0 aromatic heterocycles. The third-order valence-corrected chi connectivity index (χ3v) is 5.14. The van der Waals surface area contributed by atoms with Crippen molar-refractivity contribution < 1.29 is 19.9 Å². The average Bonchev–Trinajstić information content (AvgIpc) is 2.76. The van der Waals surface area contributed by atoms with Crippen LogP contribution in [0.1, 0.15) is 12.8 Å². The van der Waals surface area contributed by atoms with Crippen molar-refractivity contribution in [2.75, 3.05) is 40.3 Å². The molecule has 2 rings (SSSR count). The molecular formula is C14H28BN5O4. The van der Waals surface area contributed by atoms with E-state index in [1.807, 2.05) is 11.9 Å². The van der Waals surface area contributed by atoms with Gasteiger partial charge in [0.2, 0.25) is 0 Å². The lowest BCUT2D eigenvalue weighted by molar-refractivity contribution is -0.144. The lowest BCUT2D eigenvalue weighted by Crippen LogP contribution is -2.60. The first-order valence-corrected chi connectivity index (χ1v) is 8.33. The molecule has 2 aliphatic heterocycles. The standard InChI is InChI=1S/C14H28BN5O4/c1-17-13(19(2)11-6-18-7-11)20-8-10(4-3-5-15(23)24)14(16,9-20)12(21)22/h10-11,18,23-24H,3-9,16H2,1-2H3,(H,21,22). The Bertz CT molecular complexity index is 488. The quantitative estimate of drug-likeness (QED) is 0.210. The fourth-order valence-electron chi connectivity index (χ4n) is 3.46. The van der Waals surface area contributed by atoms with Gasteiger partial charge in [-0.1, -0.05) is 6.42 Å². The van der Waals surface area contributed by atoms with Crippen LogP contribution in [0.3, 0.4) is 0 Å². The summed E-state index contributed by atoms with van der Waals surface area (Å²) in [6.45, 7) is 2.47. The molecule has 9 nitrogen and oxygen atoms in total. The van der Waals surface area contributed by atoms with E-state index in [2.05, 4.69) is 15.2 Å². The summed E-state index contributed by atoms with van der Waals surface area (Å²) in [6.07, 6.45) is 1.26. The number of hydrogen-bond donors (Lipinski definition) is 5. The zero-order valence-electron chi connectivity index (χ0n) is 14.4. The molecule has 2 saturated heterocycles. The zero-order chi connectivity index (χ0) is 17.9. The lowest BCUT2D eigenvalue weighted by atomic mass is 9.78. The van der Waals surface area contributed by atoms with E-state index in [1.165, 1.54) is 0 Å². The van der Waals surface area contributed by atoms with Crippen LogP contribution in [0.15, 0.2) is 4.99 Å². The lowest BCUT2D eigenvalue weighted by Gasteiger charge is -2.40. The van der Waals surface area contributed by atoms with Gasteiger partial charge < -0.3 is 36.0 Å². The van der Waals surface area contributed by atoms with Gasteiger partial charge in [0.1, 0.15) is 5.54 Å². The molecule has 0 radical (unpaired) electrons. The molecule has 0 aromatic carbocycles. The van der Waals surface area contributed by atoms with Gasteiger partial charge in [-0.15, -0.1) is 0 Å². The number of nitrogens with one attached hydrogen (secondary N) is 1. The Kier molecular flexibility index (Phi) is 6.08. The smallest absolute Gasteiger partial charge is 0.451 e. The summed E-state index contributed by atoms with van der Waals surface area (Å²) in [5.41, 5.74) is 4.86. The van der Waals surface area contributed by atoms with Crippen molar-refractivity contribution in [2.45, 2.75) is 30.7 Å². The number of carboxylic acid groups (broad SMARTS) is 1. The van der Waals surface area contributed by atoms with Gasteiger partial charge in [0, 0.05) is 46.2 Å². The normalized spacial score (nSPS) is 28.0. The van der Waals surface area contributed by atoms with Crippen molar-refractivity contribution in [3.05, 3.63) is 0 Å². The molecule has 0 amide bonds. The molecule has 0 spiro atoms. The van der Waals surface area contributed by atoms with Crippen LogP contribution in [0.5, 0.6) is 0 Å². The number of nitrogens with two attached hydrogens (primary N) is 1. The van der Waals surface area contributed by atoms with Crippen LogP contribution in [0, 0.1) is 5.92 Å². The summed E-state index contributed by atoms with van der Waals surface area (Å²) in [6, 6.07) is 0.351. The maximum Gasteiger partial charge on any atom is 0.451 e. The van der Waals surface area contributed by atoms with Crippen molar-refractivity contribution >= 4 is 19.0 Å². The minimum absolute atomic E-state index is 0.200. The fourth-order valence-corrected chi connectivity index (χ4v) is 3.46. The predicted octanol–water partition coefficient (Wildman–Crippen LogP) is -2.16. The highest BCUT2D eigenvalue weighted by atomic mass is 16.4. The zero-order valence-corrected chi connectivity index (χ0v) is 14.4. The van der Waals surface area contributed by atoms with Crippen molar-refractivity contribution in [1.82, 2.24) is 15.1 Å². The average molecular weight is 341 g/mol. The van der Waals surface area contributed by atoms with E-state index in [-0.39, 0.29) is 18.8 Å². The van der Waals surface area contributed by atoms with Crippen LogP contribution in [0.2, 0.25) is 6.32 Å².